The van der Waals surface area contributed by atoms with Crippen molar-refractivity contribution in [1.29, 1.82) is 0 Å². The fourth-order valence-electron chi connectivity index (χ4n) is 3.56. The average Bonchev–Trinajstić information content (AvgIpc) is 3.30. The van der Waals surface area contributed by atoms with E-state index < -0.39 is 12.1 Å². The van der Waals surface area contributed by atoms with Gasteiger partial charge in [0.25, 0.3) is 5.91 Å². The molecule has 26 heavy (non-hydrogen) atoms. The van der Waals surface area contributed by atoms with Gasteiger partial charge >= 0.3 is 12.1 Å². The molecule has 0 spiro atoms. The lowest BCUT2D eigenvalue weighted by atomic mass is 10.1. The Balaban J connectivity index is 1.52. The number of rotatable bonds is 2. The van der Waals surface area contributed by atoms with Gasteiger partial charge in [-0.3, -0.25) is 4.79 Å². The quantitative estimate of drug-likeness (QED) is 0.816. The number of fused-ring (bicyclic) bond motifs is 1. The van der Waals surface area contributed by atoms with Gasteiger partial charge in [0.15, 0.2) is 0 Å². The second-order valence-electron chi connectivity index (χ2n) is 6.40. The zero-order valence-corrected chi connectivity index (χ0v) is 13.7. The minimum Gasteiger partial charge on any atom is -0.374 e. The third-order valence-corrected chi connectivity index (χ3v) is 4.80. The Hall–Kier alpha value is -2.42. The van der Waals surface area contributed by atoms with Crippen LogP contribution in [0.1, 0.15) is 35.5 Å². The SMILES string of the molecule is O=C(c1ccc(-c2noc(C(F)(F)F)n2)cc1)N1CCO[C@@H]2CCC[C@@H]21. The van der Waals surface area contributed by atoms with Gasteiger partial charge in [-0.2, -0.15) is 18.2 Å². The molecule has 2 heterocycles. The maximum absolute atomic E-state index is 12.8. The molecule has 0 radical (unpaired) electrons. The maximum atomic E-state index is 12.8. The first-order chi connectivity index (χ1) is 12.4. The van der Waals surface area contributed by atoms with Crippen molar-refractivity contribution in [2.45, 2.75) is 37.6 Å². The summed E-state index contributed by atoms with van der Waals surface area (Å²) in [6.07, 6.45) is -1.65. The Labute approximate surface area is 146 Å². The monoisotopic (exact) mass is 367 g/mol. The molecule has 2 aromatic rings. The highest BCUT2D eigenvalue weighted by Crippen LogP contribution is 2.31. The van der Waals surface area contributed by atoms with Crippen LogP contribution in [-0.2, 0) is 10.9 Å². The Bertz CT molecular complexity index is 804. The lowest BCUT2D eigenvalue weighted by Crippen LogP contribution is -2.51. The average molecular weight is 367 g/mol. The van der Waals surface area contributed by atoms with Gasteiger partial charge in [-0.15, -0.1) is 0 Å². The standard InChI is InChI=1S/C17H16F3N3O3/c18-17(19,20)16-21-14(22-26-16)10-4-6-11(7-5-10)15(24)23-8-9-25-13-3-1-2-12(13)23/h4-7,12-13H,1-3,8-9H2/t12-,13+/m0/s1. The van der Waals surface area contributed by atoms with E-state index in [2.05, 4.69) is 14.7 Å². The maximum Gasteiger partial charge on any atom is 0.471 e. The fraction of sp³-hybridized carbons (Fsp3) is 0.471. The van der Waals surface area contributed by atoms with Crippen LogP contribution in [0.3, 0.4) is 0 Å². The van der Waals surface area contributed by atoms with Gasteiger partial charge in [0.05, 0.1) is 18.8 Å². The van der Waals surface area contributed by atoms with Crippen molar-refractivity contribution in [2.75, 3.05) is 13.2 Å². The lowest BCUT2D eigenvalue weighted by molar-refractivity contribution is -0.159. The molecule has 0 N–H and O–H groups in total. The van der Waals surface area contributed by atoms with Crippen molar-refractivity contribution in [1.82, 2.24) is 15.0 Å². The highest BCUT2D eigenvalue weighted by Gasteiger charge is 2.39. The molecule has 1 aliphatic heterocycles. The van der Waals surface area contributed by atoms with E-state index in [-0.39, 0.29) is 23.9 Å². The largest absolute Gasteiger partial charge is 0.471 e. The number of carbonyl (C=O) groups is 1. The summed E-state index contributed by atoms with van der Waals surface area (Å²) in [5.74, 6) is -1.66. The van der Waals surface area contributed by atoms with Gasteiger partial charge in [0, 0.05) is 17.7 Å². The number of amides is 1. The molecule has 4 rings (SSSR count). The first-order valence-corrected chi connectivity index (χ1v) is 8.37. The molecule has 9 heteroatoms. The molecule has 138 valence electrons. The topological polar surface area (TPSA) is 68.5 Å². The van der Waals surface area contributed by atoms with Crippen molar-refractivity contribution in [3.05, 3.63) is 35.7 Å². The zero-order valence-electron chi connectivity index (χ0n) is 13.7. The molecule has 2 fully saturated rings. The van der Waals surface area contributed by atoms with Crippen molar-refractivity contribution in [2.24, 2.45) is 0 Å². The van der Waals surface area contributed by atoms with E-state index in [0.29, 0.717) is 24.3 Å². The summed E-state index contributed by atoms with van der Waals surface area (Å²) in [5, 5.41) is 3.34. The number of benzene rings is 1. The summed E-state index contributed by atoms with van der Waals surface area (Å²) in [7, 11) is 0. The van der Waals surface area contributed by atoms with Gasteiger partial charge in [-0.1, -0.05) is 17.3 Å². The Morgan fingerprint density at radius 2 is 1.96 bits per heavy atom. The van der Waals surface area contributed by atoms with Crippen LogP contribution in [0.15, 0.2) is 28.8 Å². The van der Waals surface area contributed by atoms with E-state index in [1.54, 1.807) is 12.1 Å². The first kappa shape index (κ1) is 17.0. The second-order valence-corrected chi connectivity index (χ2v) is 6.40. The number of morpholine rings is 1. The first-order valence-electron chi connectivity index (χ1n) is 8.37. The van der Waals surface area contributed by atoms with Crippen molar-refractivity contribution >= 4 is 5.91 Å². The summed E-state index contributed by atoms with van der Waals surface area (Å²) >= 11 is 0. The number of aromatic nitrogens is 2. The lowest BCUT2D eigenvalue weighted by Gasteiger charge is -2.37. The Kier molecular flexibility index (Phi) is 4.18. The van der Waals surface area contributed by atoms with Crippen LogP contribution in [0.2, 0.25) is 0 Å². The fourth-order valence-corrected chi connectivity index (χ4v) is 3.56. The zero-order chi connectivity index (χ0) is 18.3. The number of hydrogen-bond acceptors (Lipinski definition) is 5. The van der Waals surface area contributed by atoms with Crippen LogP contribution in [0.5, 0.6) is 0 Å². The number of ether oxygens (including phenoxy) is 1. The molecule has 1 aromatic carbocycles. The molecule has 1 aliphatic carbocycles. The third-order valence-electron chi connectivity index (χ3n) is 4.80. The minimum atomic E-state index is -4.69. The van der Waals surface area contributed by atoms with E-state index in [1.807, 2.05) is 4.90 Å². The number of halogens is 3. The number of alkyl halides is 3. The normalized spacial score (nSPS) is 23.1. The molecule has 6 nitrogen and oxygen atoms in total. The van der Waals surface area contributed by atoms with Crippen LogP contribution >= 0.6 is 0 Å². The number of hydrogen-bond donors (Lipinski definition) is 0. The Morgan fingerprint density at radius 1 is 1.19 bits per heavy atom. The summed E-state index contributed by atoms with van der Waals surface area (Å²) in [6.45, 7) is 1.07. The molecule has 0 bridgehead atoms. The van der Waals surface area contributed by atoms with E-state index in [0.717, 1.165) is 19.3 Å². The van der Waals surface area contributed by atoms with Crippen LogP contribution in [-0.4, -0.2) is 46.2 Å². The molecule has 0 unspecified atom stereocenters. The molecule has 2 aliphatic rings. The number of carbonyl (C=O) groups excluding carboxylic acids is 1. The predicted molar refractivity (Wildman–Crippen MR) is 83.2 cm³/mol. The van der Waals surface area contributed by atoms with Crippen molar-refractivity contribution in [3.63, 3.8) is 0 Å². The molecular formula is C17H16F3N3O3. The van der Waals surface area contributed by atoms with Crippen LogP contribution < -0.4 is 0 Å². The van der Waals surface area contributed by atoms with Gasteiger partial charge in [0.1, 0.15) is 0 Å². The predicted octanol–water partition coefficient (Wildman–Crippen LogP) is 3.15. The molecular weight excluding hydrogens is 351 g/mol. The molecule has 1 saturated heterocycles. The highest BCUT2D eigenvalue weighted by atomic mass is 19.4. The molecule has 2 atom stereocenters. The van der Waals surface area contributed by atoms with Crippen molar-refractivity contribution in [3.8, 4) is 11.4 Å². The van der Waals surface area contributed by atoms with Crippen LogP contribution in [0.4, 0.5) is 13.2 Å². The molecule has 1 amide bonds. The number of nitrogens with zero attached hydrogens (tertiary/aromatic N) is 3. The minimum absolute atomic E-state index is 0.0964. The van der Waals surface area contributed by atoms with Crippen LogP contribution in [0, 0.1) is 0 Å². The summed E-state index contributed by atoms with van der Waals surface area (Å²) < 4.78 is 47.6. The molecule has 1 aromatic heterocycles. The van der Waals surface area contributed by atoms with E-state index >= 15 is 0 Å². The third kappa shape index (κ3) is 3.07. The Morgan fingerprint density at radius 3 is 2.65 bits per heavy atom. The van der Waals surface area contributed by atoms with Crippen LogP contribution in [0.25, 0.3) is 11.4 Å². The van der Waals surface area contributed by atoms with Crippen molar-refractivity contribution < 1.29 is 27.2 Å². The van der Waals surface area contributed by atoms with Gasteiger partial charge in [-0.25, -0.2) is 0 Å². The van der Waals surface area contributed by atoms with Gasteiger partial charge in [0.2, 0.25) is 5.82 Å². The van der Waals surface area contributed by atoms with E-state index in [4.69, 9.17) is 4.74 Å². The smallest absolute Gasteiger partial charge is 0.374 e. The highest BCUT2D eigenvalue weighted by molar-refractivity contribution is 5.95. The second kappa shape index (κ2) is 6.39. The van der Waals surface area contributed by atoms with E-state index in [9.17, 15) is 18.0 Å². The summed E-state index contributed by atoms with van der Waals surface area (Å²) in [4.78, 5) is 18.0. The molecule has 1 saturated carbocycles. The van der Waals surface area contributed by atoms with Gasteiger partial charge < -0.3 is 14.2 Å². The summed E-state index contributed by atoms with van der Waals surface area (Å²) in [6, 6.07) is 6.28. The van der Waals surface area contributed by atoms with E-state index in [1.165, 1.54) is 12.1 Å². The summed E-state index contributed by atoms with van der Waals surface area (Å²) in [5.41, 5.74) is 0.822. The van der Waals surface area contributed by atoms with Gasteiger partial charge in [-0.05, 0) is 31.4 Å².